The third-order valence-corrected chi connectivity index (χ3v) is 4.89. The molecule has 3 nitrogen and oxygen atoms in total. The molecular weight excluding hydrogens is 354 g/mol. The average molecular weight is 373 g/mol. The quantitative estimate of drug-likeness (QED) is 0.417. The van der Waals surface area contributed by atoms with Gasteiger partial charge in [0.1, 0.15) is 11.4 Å². The normalized spacial score (nSPS) is 10.9. The number of hydrogen-bond donors (Lipinski definition) is 2. The molecule has 0 spiro atoms. The average Bonchev–Trinajstić information content (AvgIpc) is 3.13. The largest absolute Gasteiger partial charge is 0.508 e. The number of aromatic hydroxyl groups is 1. The Labute approximate surface area is 163 Å². The number of thiol groups is 1. The predicted octanol–water partition coefficient (Wildman–Crippen LogP) is 6.23. The highest BCUT2D eigenvalue weighted by atomic mass is 32.1. The number of phenols is 1. The van der Waals surface area contributed by atoms with Crippen LogP contribution in [0.4, 0.5) is 0 Å². The molecule has 0 radical (unpaired) electrons. The molecule has 0 saturated heterocycles. The Bertz CT molecular complexity index is 1070. The number of aromatic nitrogens is 1. The highest BCUT2D eigenvalue weighted by molar-refractivity contribution is 7.80. The van der Waals surface area contributed by atoms with E-state index in [2.05, 4.69) is 42.9 Å². The van der Waals surface area contributed by atoms with Crippen LogP contribution >= 0.6 is 12.6 Å². The van der Waals surface area contributed by atoms with Crippen molar-refractivity contribution in [2.75, 3.05) is 0 Å². The van der Waals surface area contributed by atoms with Gasteiger partial charge in [-0.25, -0.2) is 0 Å². The lowest BCUT2D eigenvalue weighted by atomic mass is 9.94. The molecule has 0 aliphatic carbocycles. The van der Waals surface area contributed by atoms with Gasteiger partial charge in [-0.1, -0.05) is 42.4 Å². The Balaban J connectivity index is 1.89. The van der Waals surface area contributed by atoms with Gasteiger partial charge in [-0.15, -0.1) is 12.6 Å². The first kappa shape index (κ1) is 17.4. The van der Waals surface area contributed by atoms with Gasteiger partial charge in [-0.2, -0.15) is 0 Å². The summed E-state index contributed by atoms with van der Waals surface area (Å²) < 4.78 is 5.82. The number of rotatable bonds is 4. The first-order chi connectivity index (χ1) is 13.2. The van der Waals surface area contributed by atoms with E-state index in [1.807, 2.05) is 42.5 Å². The highest BCUT2D eigenvalue weighted by Crippen LogP contribution is 2.39. The second-order valence-corrected chi connectivity index (χ2v) is 6.85. The molecule has 0 amide bonds. The molecule has 0 saturated carbocycles. The van der Waals surface area contributed by atoms with Crippen molar-refractivity contribution in [2.45, 2.75) is 18.2 Å². The van der Waals surface area contributed by atoms with Crippen molar-refractivity contribution in [2.24, 2.45) is 0 Å². The Kier molecular flexibility index (Phi) is 4.73. The zero-order chi connectivity index (χ0) is 18.8. The summed E-state index contributed by atoms with van der Waals surface area (Å²) in [6.07, 6.45) is 0.784. The van der Waals surface area contributed by atoms with E-state index < -0.39 is 0 Å². The Hall–Kier alpha value is -2.98. The lowest BCUT2D eigenvalue weighted by Crippen LogP contribution is -1.90. The van der Waals surface area contributed by atoms with Gasteiger partial charge in [0.05, 0.1) is 0 Å². The third kappa shape index (κ3) is 3.36. The molecule has 1 aromatic heterocycles. The topological polar surface area (TPSA) is 46.3 Å². The molecule has 1 N–H and O–H groups in total. The van der Waals surface area contributed by atoms with Gasteiger partial charge in [-0.3, -0.25) is 0 Å². The Morgan fingerprint density at radius 3 is 2.33 bits per heavy atom. The molecule has 0 aliphatic heterocycles. The predicted molar refractivity (Wildman–Crippen MR) is 111 cm³/mol. The fourth-order valence-electron chi connectivity index (χ4n) is 3.28. The van der Waals surface area contributed by atoms with Crippen LogP contribution in [0.2, 0.25) is 0 Å². The van der Waals surface area contributed by atoms with E-state index in [1.54, 1.807) is 12.1 Å². The fourth-order valence-corrected chi connectivity index (χ4v) is 3.49. The molecule has 1 heterocycles. The molecular formula is C23H19NO2S. The number of hydrogen-bond acceptors (Lipinski definition) is 4. The van der Waals surface area contributed by atoms with Crippen LogP contribution in [0.25, 0.3) is 33.7 Å². The van der Waals surface area contributed by atoms with Gasteiger partial charge in [0.25, 0.3) is 0 Å². The van der Waals surface area contributed by atoms with Gasteiger partial charge in [0, 0.05) is 21.6 Å². The molecule has 4 heteroatoms. The molecule has 3 aromatic carbocycles. The molecule has 27 heavy (non-hydrogen) atoms. The third-order valence-electron chi connectivity index (χ3n) is 4.62. The molecule has 0 fully saturated rings. The van der Waals surface area contributed by atoms with E-state index in [0.717, 1.165) is 50.6 Å². The summed E-state index contributed by atoms with van der Waals surface area (Å²) in [7, 11) is 0. The lowest BCUT2D eigenvalue weighted by Gasteiger charge is -2.10. The minimum atomic E-state index is 0.233. The molecule has 0 bridgehead atoms. The lowest BCUT2D eigenvalue weighted by molar-refractivity contribution is 0.434. The molecule has 0 unspecified atom stereocenters. The zero-order valence-corrected chi connectivity index (χ0v) is 15.8. The van der Waals surface area contributed by atoms with Crippen molar-refractivity contribution < 1.29 is 9.63 Å². The van der Waals surface area contributed by atoms with E-state index in [0.29, 0.717) is 0 Å². The minimum Gasteiger partial charge on any atom is -0.508 e. The molecule has 134 valence electrons. The summed E-state index contributed by atoms with van der Waals surface area (Å²) in [5, 5.41) is 13.9. The van der Waals surface area contributed by atoms with Crippen molar-refractivity contribution in [3.05, 3.63) is 78.4 Å². The fraction of sp³-hybridized carbons (Fsp3) is 0.0870. The van der Waals surface area contributed by atoms with Crippen LogP contribution in [0.5, 0.6) is 5.75 Å². The van der Waals surface area contributed by atoms with Gasteiger partial charge in [-0.05, 0) is 60.0 Å². The summed E-state index contributed by atoms with van der Waals surface area (Å²) in [5.41, 5.74) is 5.94. The van der Waals surface area contributed by atoms with Crippen molar-refractivity contribution in [3.8, 4) is 39.5 Å². The number of benzene rings is 3. The van der Waals surface area contributed by atoms with Gasteiger partial charge in [0.2, 0.25) is 0 Å². The van der Waals surface area contributed by atoms with Crippen LogP contribution in [-0.2, 0) is 6.42 Å². The maximum atomic E-state index is 9.55. The second kappa shape index (κ2) is 7.33. The van der Waals surface area contributed by atoms with Crippen molar-refractivity contribution >= 4 is 12.6 Å². The van der Waals surface area contributed by atoms with E-state index >= 15 is 0 Å². The monoisotopic (exact) mass is 373 g/mol. The van der Waals surface area contributed by atoms with E-state index in [4.69, 9.17) is 4.52 Å². The van der Waals surface area contributed by atoms with Crippen LogP contribution in [-0.4, -0.2) is 10.3 Å². The van der Waals surface area contributed by atoms with Crippen LogP contribution in [0, 0.1) is 0 Å². The minimum absolute atomic E-state index is 0.233. The molecule has 4 aromatic rings. The van der Waals surface area contributed by atoms with Crippen molar-refractivity contribution in [1.82, 2.24) is 5.16 Å². The zero-order valence-electron chi connectivity index (χ0n) is 14.9. The van der Waals surface area contributed by atoms with E-state index in [9.17, 15) is 5.11 Å². The number of nitrogens with zero attached hydrogens (tertiary/aromatic N) is 1. The van der Waals surface area contributed by atoms with Crippen molar-refractivity contribution in [3.63, 3.8) is 0 Å². The molecule has 0 atom stereocenters. The Morgan fingerprint density at radius 1 is 0.889 bits per heavy atom. The molecule has 4 rings (SSSR count). The van der Waals surface area contributed by atoms with Gasteiger partial charge >= 0.3 is 0 Å². The van der Waals surface area contributed by atoms with E-state index in [-0.39, 0.29) is 5.75 Å². The SMILES string of the molecule is CCc1c(-c2ccc(O)cc2)noc1-c1ccc(S)cc1-c1ccccc1. The first-order valence-electron chi connectivity index (χ1n) is 8.84. The van der Waals surface area contributed by atoms with Crippen LogP contribution in [0.15, 0.2) is 82.2 Å². The molecule has 0 aliphatic rings. The highest BCUT2D eigenvalue weighted by Gasteiger charge is 2.20. The standard InChI is InChI=1S/C23H19NO2S/c1-2-19-22(16-8-10-17(25)11-9-16)24-26-23(19)20-13-12-18(27)14-21(20)15-6-4-3-5-7-15/h3-14,25,27H,2H2,1H3. The maximum Gasteiger partial charge on any atom is 0.171 e. The first-order valence-corrected chi connectivity index (χ1v) is 9.29. The summed E-state index contributed by atoms with van der Waals surface area (Å²) >= 11 is 4.51. The van der Waals surface area contributed by atoms with Crippen LogP contribution < -0.4 is 0 Å². The van der Waals surface area contributed by atoms with Gasteiger partial charge < -0.3 is 9.63 Å². The summed E-state index contributed by atoms with van der Waals surface area (Å²) in [5.74, 6) is 1.00. The second-order valence-electron chi connectivity index (χ2n) is 6.34. The smallest absolute Gasteiger partial charge is 0.171 e. The van der Waals surface area contributed by atoms with Gasteiger partial charge in [0.15, 0.2) is 5.76 Å². The van der Waals surface area contributed by atoms with Crippen molar-refractivity contribution in [1.29, 1.82) is 0 Å². The summed E-state index contributed by atoms with van der Waals surface area (Å²) in [6.45, 7) is 2.09. The number of phenolic OH excluding ortho intramolecular Hbond substituents is 1. The summed E-state index contributed by atoms with van der Waals surface area (Å²) in [6, 6.07) is 23.3. The summed E-state index contributed by atoms with van der Waals surface area (Å²) in [4.78, 5) is 0.897. The van der Waals surface area contributed by atoms with Crippen LogP contribution in [0.3, 0.4) is 0 Å². The maximum absolute atomic E-state index is 9.55. The Morgan fingerprint density at radius 2 is 1.63 bits per heavy atom. The van der Waals surface area contributed by atoms with E-state index in [1.165, 1.54) is 0 Å². The van der Waals surface area contributed by atoms with Crippen LogP contribution in [0.1, 0.15) is 12.5 Å².